The van der Waals surface area contributed by atoms with E-state index < -0.39 is 17.4 Å². The molecule has 0 radical (unpaired) electrons. The predicted octanol–water partition coefficient (Wildman–Crippen LogP) is 6.32. The van der Waals surface area contributed by atoms with Gasteiger partial charge in [-0.3, -0.25) is 0 Å². The van der Waals surface area contributed by atoms with E-state index >= 15 is 0 Å². The molecule has 0 aliphatic heterocycles. The molecule has 2 rings (SSSR count). The number of hydrogen-bond donors (Lipinski definition) is 0. The third-order valence-corrected chi connectivity index (χ3v) is 3.39. The van der Waals surface area contributed by atoms with Crippen molar-refractivity contribution in [2.24, 2.45) is 0 Å². The van der Waals surface area contributed by atoms with Crippen LogP contribution in [0.4, 0.5) is 8.78 Å². The Morgan fingerprint density at radius 3 is 2.22 bits per heavy atom. The van der Waals surface area contributed by atoms with Gasteiger partial charge in [0.15, 0.2) is 5.82 Å². The fourth-order valence-electron chi connectivity index (χ4n) is 1.97. The fourth-order valence-corrected chi connectivity index (χ4v) is 2.09. The van der Waals surface area contributed by atoms with E-state index in [0.29, 0.717) is 16.4 Å². The first-order valence-electron chi connectivity index (χ1n) is 8.52. The molecule has 1 aromatic carbocycles. The zero-order valence-corrected chi connectivity index (χ0v) is 17.0. The van der Waals surface area contributed by atoms with E-state index in [0.717, 1.165) is 0 Å². The molecule has 0 aliphatic carbocycles. The Kier molecular flexibility index (Phi) is 7.72. The molecule has 0 spiro atoms. The summed E-state index contributed by atoms with van der Waals surface area (Å²) >= 11 is 5.72. The van der Waals surface area contributed by atoms with Crippen LogP contribution in [0.1, 0.15) is 51.9 Å². The van der Waals surface area contributed by atoms with Gasteiger partial charge in [-0.1, -0.05) is 55.9 Å². The second-order valence-electron chi connectivity index (χ2n) is 6.51. The SMILES string of the molecule is C=C(Cc1noc(C(F)(F)c2ccc(Cl)cc2)n1)C(=C)OC(C)(C)C.CC. The number of halogens is 3. The molecule has 0 saturated heterocycles. The van der Waals surface area contributed by atoms with Crippen molar-refractivity contribution >= 4 is 11.6 Å². The van der Waals surface area contributed by atoms with Crippen LogP contribution in [-0.2, 0) is 17.1 Å². The Balaban J connectivity index is 0.00000176. The summed E-state index contributed by atoms with van der Waals surface area (Å²) < 4.78 is 39.2. The van der Waals surface area contributed by atoms with E-state index in [1.807, 2.05) is 34.6 Å². The molecule has 0 fully saturated rings. The van der Waals surface area contributed by atoms with E-state index in [2.05, 4.69) is 23.3 Å². The van der Waals surface area contributed by atoms with Crippen LogP contribution in [0, 0.1) is 0 Å². The third kappa shape index (κ3) is 6.47. The first kappa shape index (κ1) is 22.8. The molecule has 0 amide bonds. The van der Waals surface area contributed by atoms with E-state index in [1.165, 1.54) is 24.3 Å². The molecule has 1 aromatic heterocycles. The van der Waals surface area contributed by atoms with Crippen molar-refractivity contribution in [2.45, 2.75) is 52.6 Å². The van der Waals surface area contributed by atoms with Crippen molar-refractivity contribution in [1.82, 2.24) is 10.1 Å². The Morgan fingerprint density at radius 1 is 1.15 bits per heavy atom. The van der Waals surface area contributed by atoms with Crippen LogP contribution in [0.25, 0.3) is 0 Å². The standard InChI is InChI=1S/C18H19ClF2N2O2.C2H6/c1-11(12(2)24-17(3,4)5)10-15-22-16(25-23-15)18(20,21)13-6-8-14(19)9-7-13;1-2/h6-9H,1-2,10H2,3-5H3;1-2H3. The number of aromatic nitrogens is 2. The van der Waals surface area contributed by atoms with Crippen LogP contribution in [0.3, 0.4) is 0 Å². The zero-order chi connectivity index (χ0) is 20.8. The highest BCUT2D eigenvalue weighted by Gasteiger charge is 2.40. The number of allylic oxidation sites excluding steroid dienone is 1. The summed E-state index contributed by atoms with van der Waals surface area (Å²) in [5, 5.41) is 3.96. The monoisotopic (exact) mass is 398 g/mol. The molecule has 0 saturated carbocycles. The van der Waals surface area contributed by atoms with Gasteiger partial charge >= 0.3 is 11.8 Å². The molecule has 0 aliphatic rings. The maximum atomic E-state index is 14.4. The van der Waals surface area contributed by atoms with Gasteiger partial charge in [0, 0.05) is 17.0 Å². The molecule has 7 heteroatoms. The predicted molar refractivity (Wildman–Crippen MR) is 103 cm³/mol. The number of benzene rings is 1. The Morgan fingerprint density at radius 2 is 1.70 bits per heavy atom. The Bertz CT molecular complexity index is 778. The summed E-state index contributed by atoms with van der Waals surface area (Å²) in [4.78, 5) is 3.78. The lowest BCUT2D eigenvalue weighted by atomic mass is 10.1. The highest BCUT2D eigenvalue weighted by Crippen LogP contribution is 2.35. The fraction of sp³-hybridized carbons (Fsp3) is 0.400. The minimum absolute atomic E-state index is 0.0762. The number of hydrogen-bond acceptors (Lipinski definition) is 4. The molecule has 1 heterocycles. The van der Waals surface area contributed by atoms with E-state index in [9.17, 15) is 8.78 Å². The van der Waals surface area contributed by atoms with Crippen LogP contribution in [0.15, 0.2) is 53.3 Å². The van der Waals surface area contributed by atoms with Crippen LogP contribution >= 0.6 is 11.6 Å². The molecule has 4 nitrogen and oxygen atoms in total. The summed E-state index contributed by atoms with van der Waals surface area (Å²) in [6, 6.07) is 5.17. The lowest BCUT2D eigenvalue weighted by Gasteiger charge is -2.23. The van der Waals surface area contributed by atoms with Gasteiger partial charge in [0.2, 0.25) is 0 Å². The second-order valence-corrected chi connectivity index (χ2v) is 6.95. The smallest absolute Gasteiger partial charge is 0.350 e. The largest absolute Gasteiger partial charge is 0.489 e. The quantitative estimate of drug-likeness (QED) is 0.422. The van der Waals surface area contributed by atoms with Crippen LogP contribution in [-0.4, -0.2) is 15.7 Å². The number of alkyl halides is 2. The van der Waals surface area contributed by atoms with Crippen molar-refractivity contribution in [3.05, 3.63) is 71.1 Å². The number of nitrogens with zero attached hydrogens (tertiary/aromatic N) is 2. The molecule has 0 atom stereocenters. The Hall–Kier alpha value is -2.21. The topological polar surface area (TPSA) is 48.2 Å². The van der Waals surface area contributed by atoms with Crippen molar-refractivity contribution in [3.63, 3.8) is 0 Å². The summed E-state index contributed by atoms with van der Waals surface area (Å²) in [5.41, 5.74) is -0.243. The van der Waals surface area contributed by atoms with Gasteiger partial charge in [0.05, 0.1) is 0 Å². The average Bonchev–Trinajstić information content (AvgIpc) is 3.05. The van der Waals surface area contributed by atoms with Crippen LogP contribution in [0.5, 0.6) is 0 Å². The van der Waals surface area contributed by atoms with E-state index in [4.69, 9.17) is 20.9 Å². The highest BCUT2D eigenvalue weighted by atomic mass is 35.5. The first-order valence-corrected chi connectivity index (χ1v) is 8.90. The maximum absolute atomic E-state index is 14.4. The lowest BCUT2D eigenvalue weighted by Crippen LogP contribution is -2.19. The second kappa shape index (κ2) is 9.13. The van der Waals surface area contributed by atoms with E-state index in [-0.39, 0.29) is 17.8 Å². The number of rotatable bonds is 6. The van der Waals surface area contributed by atoms with Crippen LogP contribution in [0.2, 0.25) is 5.02 Å². The molecule has 2 aromatic rings. The molecule has 27 heavy (non-hydrogen) atoms. The summed E-state index contributed by atoms with van der Waals surface area (Å²) in [6.07, 6.45) is 0.0924. The molecular weight excluding hydrogens is 374 g/mol. The third-order valence-electron chi connectivity index (χ3n) is 3.14. The van der Waals surface area contributed by atoms with Gasteiger partial charge < -0.3 is 9.26 Å². The van der Waals surface area contributed by atoms with Gasteiger partial charge in [-0.25, -0.2) is 0 Å². The highest BCUT2D eigenvalue weighted by molar-refractivity contribution is 6.30. The van der Waals surface area contributed by atoms with Crippen molar-refractivity contribution < 1.29 is 18.0 Å². The molecular formula is C20H25ClF2N2O2. The molecule has 148 valence electrons. The molecule has 0 N–H and O–H groups in total. The minimum atomic E-state index is -3.42. The van der Waals surface area contributed by atoms with Gasteiger partial charge in [-0.15, -0.1) is 0 Å². The van der Waals surface area contributed by atoms with Crippen molar-refractivity contribution in [2.75, 3.05) is 0 Å². The van der Waals surface area contributed by atoms with Gasteiger partial charge in [-0.2, -0.15) is 13.8 Å². The number of ether oxygens (including phenoxy) is 1. The minimum Gasteiger partial charge on any atom is -0.489 e. The van der Waals surface area contributed by atoms with E-state index in [1.54, 1.807) is 0 Å². The molecule has 0 bridgehead atoms. The van der Waals surface area contributed by atoms with Crippen molar-refractivity contribution in [3.8, 4) is 0 Å². The maximum Gasteiger partial charge on any atom is 0.350 e. The zero-order valence-electron chi connectivity index (χ0n) is 16.3. The lowest BCUT2D eigenvalue weighted by molar-refractivity contribution is 0.00761. The molecule has 0 unspecified atom stereocenters. The van der Waals surface area contributed by atoms with Gasteiger partial charge in [0.25, 0.3) is 0 Å². The summed E-state index contributed by atoms with van der Waals surface area (Å²) in [7, 11) is 0. The first-order chi connectivity index (χ1) is 12.5. The van der Waals surface area contributed by atoms with Gasteiger partial charge in [-0.05, 0) is 38.5 Å². The Labute approximate surface area is 163 Å². The van der Waals surface area contributed by atoms with Crippen LogP contribution < -0.4 is 0 Å². The summed E-state index contributed by atoms with van der Waals surface area (Å²) in [5.74, 6) is -3.79. The summed E-state index contributed by atoms with van der Waals surface area (Å²) in [6.45, 7) is 17.2. The average molecular weight is 399 g/mol. The van der Waals surface area contributed by atoms with Crippen molar-refractivity contribution in [1.29, 1.82) is 0 Å². The normalized spacial score (nSPS) is 11.4. The van der Waals surface area contributed by atoms with Gasteiger partial charge in [0.1, 0.15) is 11.4 Å².